The van der Waals surface area contributed by atoms with Crippen LogP contribution in [0.15, 0.2) is 12.1 Å². The second-order valence-electron chi connectivity index (χ2n) is 3.46. The van der Waals surface area contributed by atoms with Crippen LogP contribution in [-0.4, -0.2) is 11.0 Å². The summed E-state index contributed by atoms with van der Waals surface area (Å²) >= 11 is 7.36. The van der Waals surface area contributed by atoms with E-state index in [0.717, 1.165) is 6.42 Å². The number of Topliss-reactive ketones (excluding diaryl/α,β-unsaturated/α-hetero) is 1. The number of carbonyl (C=O) groups is 1. The van der Waals surface area contributed by atoms with Crippen molar-refractivity contribution in [1.82, 2.24) is 0 Å². The second-order valence-corrected chi connectivity index (χ2v) is 5.03. The number of hydrogen-bond donors (Lipinski definition) is 0. The van der Waals surface area contributed by atoms with Crippen molar-refractivity contribution in [3.05, 3.63) is 34.1 Å². The summed E-state index contributed by atoms with van der Waals surface area (Å²) < 4.78 is 13.2. The first-order valence-electron chi connectivity index (χ1n) is 4.77. The van der Waals surface area contributed by atoms with E-state index in [9.17, 15) is 9.18 Å². The lowest BCUT2D eigenvalue weighted by atomic mass is 10.0. The molecule has 0 fully saturated rings. The van der Waals surface area contributed by atoms with Gasteiger partial charge in [-0.1, -0.05) is 18.5 Å². The van der Waals surface area contributed by atoms with Crippen molar-refractivity contribution in [2.45, 2.75) is 24.3 Å². The minimum absolute atomic E-state index is 0.000900. The number of rotatable bonds is 1. The van der Waals surface area contributed by atoms with Gasteiger partial charge in [-0.25, -0.2) is 4.39 Å². The van der Waals surface area contributed by atoms with E-state index in [2.05, 4.69) is 0 Å². The lowest BCUT2D eigenvalue weighted by molar-refractivity contribution is 0.0985. The van der Waals surface area contributed by atoms with Crippen LogP contribution >= 0.6 is 23.4 Å². The minimum Gasteiger partial charge on any atom is -0.293 e. The molecule has 1 unspecified atom stereocenters. The summed E-state index contributed by atoms with van der Waals surface area (Å²) in [5.74, 6) is 0.250. The van der Waals surface area contributed by atoms with Gasteiger partial charge in [0, 0.05) is 11.3 Å². The smallest absolute Gasteiger partial charge is 0.176 e. The molecule has 4 heteroatoms. The van der Waals surface area contributed by atoms with Crippen molar-refractivity contribution >= 4 is 29.1 Å². The van der Waals surface area contributed by atoms with Gasteiger partial charge in [0.05, 0.1) is 10.3 Å². The summed E-state index contributed by atoms with van der Waals surface area (Å²) in [6, 6.07) is 2.81. The van der Waals surface area contributed by atoms with Crippen LogP contribution in [0.1, 0.15) is 29.3 Å². The van der Waals surface area contributed by atoms with Gasteiger partial charge in [-0.15, -0.1) is 11.8 Å². The molecule has 0 spiro atoms. The fourth-order valence-corrected chi connectivity index (χ4v) is 3.19. The third-order valence-corrected chi connectivity index (χ3v) is 4.37. The van der Waals surface area contributed by atoms with Crippen molar-refractivity contribution < 1.29 is 9.18 Å². The molecule has 0 saturated carbocycles. The van der Waals surface area contributed by atoms with Gasteiger partial charge in [0.2, 0.25) is 0 Å². The van der Waals surface area contributed by atoms with Gasteiger partial charge in [-0.2, -0.15) is 0 Å². The zero-order chi connectivity index (χ0) is 11.0. The highest BCUT2D eigenvalue weighted by molar-refractivity contribution is 8.00. The lowest BCUT2D eigenvalue weighted by Crippen LogP contribution is -2.23. The molecule has 0 aliphatic carbocycles. The fourth-order valence-electron chi connectivity index (χ4n) is 1.70. The van der Waals surface area contributed by atoms with E-state index in [4.69, 9.17) is 11.6 Å². The highest BCUT2D eigenvalue weighted by Gasteiger charge is 2.28. The molecule has 1 aromatic carbocycles. The van der Waals surface area contributed by atoms with Crippen molar-refractivity contribution in [3.8, 4) is 0 Å². The monoisotopic (exact) mass is 244 g/mol. The van der Waals surface area contributed by atoms with Gasteiger partial charge in [0.15, 0.2) is 5.78 Å². The molecule has 1 nitrogen and oxygen atoms in total. The molecule has 80 valence electrons. The number of fused-ring (bicyclic) bond motifs is 1. The van der Waals surface area contributed by atoms with E-state index in [1.165, 1.54) is 17.8 Å². The van der Waals surface area contributed by atoms with Gasteiger partial charge in [-0.05, 0) is 24.1 Å². The van der Waals surface area contributed by atoms with E-state index in [1.807, 2.05) is 6.92 Å². The van der Waals surface area contributed by atoms with Crippen LogP contribution in [0.3, 0.4) is 0 Å². The van der Waals surface area contributed by atoms with E-state index < -0.39 is 5.82 Å². The first kappa shape index (κ1) is 11.0. The summed E-state index contributed by atoms with van der Waals surface area (Å²) in [7, 11) is 0. The predicted octanol–water partition coefficient (Wildman–Crippen LogP) is 3.69. The number of benzene rings is 1. The Bertz CT molecular complexity index is 419. The molecule has 1 aliphatic heterocycles. The number of carbonyl (C=O) groups excluding carboxylic acids is 1. The number of hydrogen-bond acceptors (Lipinski definition) is 2. The Kier molecular flexibility index (Phi) is 3.03. The highest BCUT2D eigenvalue weighted by atomic mass is 35.5. The van der Waals surface area contributed by atoms with Crippen molar-refractivity contribution in [2.24, 2.45) is 0 Å². The second kappa shape index (κ2) is 4.14. The van der Waals surface area contributed by atoms with Crippen LogP contribution in [-0.2, 0) is 5.75 Å². The van der Waals surface area contributed by atoms with Crippen LogP contribution in [0.4, 0.5) is 4.39 Å². The van der Waals surface area contributed by atoms with Crippen LogP contribution in [0.5, 0.6) is 0 Å². The Labute approximate surface area is 97.0 Å². The molecule has 1 atom stereocenters. The standard InChI is InChI=1S/C11H10ClFOS/c1-2-9-11(14)6-3-4-8(13)10(12)7(6)5-15-9/h3-4,9H,2,5H2,1H3. The van der Waals surface area contributed by atoms with Crippen LogP contribution in [0, 0.1) is 5.82 Å². The zero-order valence-electron chi connectivity index (χ0n) is 8.22. The third-order valence-electron chi connectivity index (χ3n) is 2.55. The third kappa shape index (κ3) is 1.79. The summed E-state index contributed by atoms with van der Waals surface area (Å²) in [6.45, 7) is 1.98. The Balaban J connectivity index is 2.50. The fraction of sp³-hybridized carbons (Fsp3) is 0.364. The Hall–Kier alpha value is -0.540. The van der Waals surface area contributed by atoms with E-state index in [0.29, 0.717) is 16.9 Å². The molecule has 1 aliphatic rings. The molecule has 0 saturated heterocycles. The molecule has 2 rings (SSSR count). The average Bonchev–Trinajstić information content (AvgIpc) is 2.24. The van der Waals surface area contributed by atoms with Crippen LogP contribution < -0.4 is 0 Å². The molecular formula is C11H10ClFOS. The number of thioether (sulfide) groups is 1. The van der Waals surface area contributed by atoms with E-state index in [1.54, 1.807) is 6.07 Å². The predicted molar refractivity (Wildman–Crippen MR) is 61.1 cm³/mol. The Morgan fingerprint density at radius 3 is 3.00 bits per heavy atom. The van der Waals surface area contributed by atoms with Crippen LogP contribution in [0.2, 0.25) is 5.02 Å². The van der Waals surface area contributed by atoms with E-state index in [-0.39, 0.29) is 16.1 Å². The zero-order valence-corrected chi connectivity index (χ0v) is 9.79. The minimum atomic E-state index is -0.446. The molecule has 0 bridgehead atoms. The average molecular weight is 245 g/mol. The maximum absolute atomic E-state index is 13.2. The summed E-state index contributed by atoms with van der Waals surface area (Å²) in [6.07, 6.45) is 0.804. The summed E-state index contributed by atoms with van der Waals surface area (Å²) in [4.78, 5) is 11.9. The molecule has 0 amide bonds. The Morgan fingerprint density at radius 1 is 1.60 bits per heavy atom. The van der Waals surface area contributed by atoms with Crippen LogP contribution in [0.25, 0.3) is 0 Å². The number of ketones is 1. The first-order chi connectivity index (χ1) is 7.15. The van der Waals surface area contributed by atoms with Gasteiger partial charge < -0.3 is 0 Å². The summed E-state index contributed by atoms with van der Waals surface area (Å²) in [5, 5.41) is 0.0990. The topological polar surface area (TPSA) is 17.1 Å². The first-order valence-corrected chi connectivity index (χ1v) is 6.20. The maximum Gasteiger partial charge on any atom is 0.176 e. The molecule has 1 aromatic rings. The van der Waals surface area contributed by atoms with Crippen molar-refractivity contribution in [1.29, 1.82) is 0 Å². The van der Waals surface area contributed by atoms with Gasteiger partial charge >= 0.3 is 0 Å². The molecule has 0 N–H and O–H groups in total. The molecular weight excluding hydrogens is 235 g/mol. The molecule has 1 heterocycles. The summed E-state index contributed by atoms with van der Waals surface area (Å²) in [5.41, 5.74) is 1.24. The van der Waals surface area contributed by atoms with Crippen molar-refractivity contribution in [3.63, 3.8) is 0 Å². The van der Waals surface area contributed by atoms with Crippen molar-refractivity contribution in [2.75, 3.05) is 0 Å². The maximum atomic E-state index is 13.2. The number of halogens is 2. The SMILES string of the molecule is CCC1SCc2c(ccc(F)c2Cl)C1=O. The molecule has 0 radical (unpaired) electrons. The lowest BCUT2D eigenvalue weighted by Gasteiger charge is -2.22. The Morgan fingerprint density at radius 2 is 2.33 bits per heavy atom. The van der Waals surface area contributed by atoms with Gasteiger partial charge in [-0.3, -0.25) is 4.79 Å². The normalized spacial score (nSPS) is 20.2. The van der Waals surface area contributed by atoms with E-state index >= 15 is 0 Å². The largest absolute Gasteiger partial charge is 0.293 e. The molecule has 15 heavy (non-hydrogen) atoms. The quantitative estimate of drug-likeness (QED) is 0.750. The van der Waals surface area contributed by atoms with Gasteiger partial charge in [0.1, 0.15) is 5.82 Å². The highest BCUT2D eigenvalue weighted by Crippen LogP contribution is 2.36. The molecule has 0 aromatic heterocycles. The van der Waals surface area contributed by atoms with Gasteiger partial charge in [0.25, 0.3) is 0 Å².